The Morgan fingerprint density at radius 1 is 1.11 bits per heavy atom. The van der Waals surface area contributed by atoms with E-state index < -0.39 is 29.6 Å². The molecule has 1 aromatic carbocycles. The van der Waals surface area contributed by atoms with Crippen LogP contribution in [0.3, 0.4) is 0 Å². The number of rotatable bonds is 6. The zero-order chi connectivity index (χ0) is 19.4. The summed E-state index contributed by atoms with van der Waals surface area (Å²) < 4.78 is 0. The van der Waals surface area contributed by atoms with Gasteiger partial charge in [0.1, 0.15) is 5.00 Å². The van der Waals surface area contributed by atoms with Gasteiger partial charge in [-0.2, -0.15) is 0 Å². The molecule has 0 aliphatic heterocycles. The second-order valence-electron chi connectivity index (χ2n) is 6.47. The van der Waals surface area contributed by atoms with Gasteiger partial charge in [0, 0.05) is 11.3 Å². The van der Waals surface area contributed by atoms with Gasteiger partial charge in [0.05, 0.1) is 17.4 Å². The zero-order valence-corrected chi connectivity index (χ0v) is 15.4. The Hall–Kier alpha value is -2.93. The first-order valence-electron chi connectivity index (χ1n) is 8.61. The van der Waals surface area contributed by atoms with Gasteiger partial charge < -0.3 is 16.2 Å². The summed E-state index contributed by atoms with van der Waals surface area (Å²) in [5.74, 6) is -3.46. The zero-order valence-electron chi connectivity index (χ0n) is 14.6. The summed E-state index contributed by atoms with van der Waals surface area (Å²) in [6, 6.07) is 11.4. The standard InChI is InChI=1S/C20H20N2O4S/c21-17(23)16-11-13(10-12-6-2-1-3-7-12)27-19(16)22-18(24)14-8-4-5-9-15(14)20(25)26/h1-7,11,14-15H,8-10H2,(H2,21,23)(H,22,24)(H,25,26)/t14-,15-/m0/s1. The first-order chi connectivity index (χ1) is 13.0. The van der Waals surface area contributed by atoms with Gasteiger partial charge in [-0.1, -0.05) is 42.5 Å². The Bertz CT molecular complexity index is 889. The highest BCUT2D eigenvalue weighted by Gasteiger charge is 2.34. The van der Waals surface area contributed by atoms with Crippen LogP contribution in [-0.4, -0.2) is 22.9 Å². The van der Waals surface area contributed by atoms with E-state index in [1.54, 1.807) is 12.1 Å². The molecule has 1 aliphatic rings. The lowest BCUT2D eigenvalue weighted by atomic mass is 9.82. The third kappa shape index (κ3) is 4.43. The molecule has 2 atom stereocenters. The van der Waals surface area contributed by atoms with Crippen molar-refractivity contribution in [2.45, 2.75) is 19.3 Å². The molecule has 0 saturated heterocycles. The van der Waals surface area contributed by atoms with Crippen LogP contribution in [-0.2, 0) is 16.0 Å². The molecule has 3 rings (SSSR count). The van der Waals surface area contributed by atoms with Crippen molar-refractivity contribution in [3.8, 4) is 0 Å². The number of carboxylic acids is 1. The van der Waals surface area contributed by atoms with Crippen LogP contribution >= 0.6 is 11.3 Å². The number of nitrogens with one attached hydrogen (secondary N) is 1. The molecule has 7 heteroatoms. The maximum Gasteiger partial charge on any atom is 0.307 e. The largest absolute Gasteiger partial charge is 0.481 e. The Morgan fingerprint density at radius 2 is 1.78 bits per heavy atom. The molecule has 1 aromatic heterocycles. The summed E-state index contributed by atoms with van der Waals surface area (Å²) in [6.07, 6.45) is 4.89. The number of anilines is 1. The van der Waals surface area contributed by atoms with Gasteiger partial charge >= 0.3 is 5.97 Å². The first-order valence-corrected chi connectivity index (χ1v) is 9.42. The van der Waals surface area contributed by atoms with E-state index >= 15 is 0 Å². The van der Waals surface area contributed by atoms with E-state index in [4.69, 9.17) is 5.73 Å². The van der Waals surface area contributed by atoms with E-state index in [2.05, 4.69) is 5.32 Å². The van der Waals surface area contributed by atoms with Crippen LogP contribution in [0.25, 0.3) is 0 Å². The van der Waals surface area contributed by atoms with Crippen LogP contribution in [0.5, 0.6) is 0 Å². The number of thiophene rings is 1. The highest BCUT2D eigenvalue weighted by molar-refractivity contribution is 7.16. The quantitative estimate of drug-likeness (QED) is 0.665. The lowest BCUT2D eigenvalue weighted by Crippen LogP contribution is -2.34. The number of amides is 2. The molecule has 2 aromatic rings. The summed E-state index contributed by atoms with van der Waals surface area (Å²) in [5.41, 5.74) is 6.79. The Morgan fingerprint density at radius 3 is 2.41 bits per heavy atom. The lowest BCUT2D eigenvalue weighted by molar-refractivity contribution is -0.146. The molecule has 140 valence electrons. The number of carbonyl (C=O) groups is 3. The summed E-state index contributed by atoms with van der Waals surface area (Å²) >= 11 is 1.29. The molecule has 1 heterocycles. The number of aliphatic carboxylic acids is 1. The average Bonchev–Trinajstić information content (AvgIpc) is 3.05. The SMILES string of the molecule is NC(=O)c1cc(Cc2ccccc2)sc1NC(=O)[C@H]1CC=CC[C@@H]1C(=O)O. The summed E-state index contributed by atoms with van der Waals surface area (Å²) in [4.78, 5) is 36.8. The summed E-state index contributed by atoms with van der Waals surface area (Å²) in [7, 11) is 0. The third-order valence-electron chi connectivity index (χ3n) is 4.59. The van der Waals surface area contributed by atoms with Gasteiger partial charge in [0.25, 0.3) is 5.91 Å². The van der Waals surface area contributed by atoms with Crippen molar-refractivity contribution < 1.29 is 19.5 Å². The average molecular weight is 384 g/mol. The number of benzene rings is 1. The van der Waals surface area contributed by atoms with Gasteiger partial charge in [-0.05, 0) is 24.5 Å². The number of hydrogen-bond acceptors (Lipinski definition) is 4. The van der Waals surface area contributed by atoms with E-state index in [0.717, 1.165) is 10.4 Å². The van der Waals surface area contributed by atoms with Crippen LogP contribution in [0.4, 0.5) is 5.00 Å². The second-order valence-corrected chi connectivity index (χ2v) is 7.60. The van der Waals surface area contributed by atoms with Gasteiger partial charge in [-0.15, -0.1) is 11.3 Å². The van der Waals surface area contributed by atoms with Crippen molar-refractivity contribution in [1.29, 1.82) is 0 Å². The molecule has 27 heavy (non-hydrogen) atoms. The highest BCUT2D eigenvalue weighted by atomic mass is 32.1. The van der Waals surface area contributed by atoms with Crippen molar-refractivity contribution in [3.05, 3.63) is 64.6 Å². The van der Waals surface area contributed by atoms with Gasteiger partial charge in [0.2, 0.25) is 5.91 Å². The van der Waals surface area contributed by atoms with Crippen LogP contribution in [0.15, 0.2) is 48.6 Å². The first kappa shape index (κ1) is 18.8. The molecule has 1 aliphatic carbocycles. The number of allylic oxidation sites excluding steroid dienone is 2. The fraction of sp³-hybridized carbons (Fsp3) is 0.250. The molecule has 0 radical (unpaired) electrons. The number of nitrogens with two attached hydrogens (primary N) is 1. The Labute approximate surface area is 160 Å². The molecule has 0 fully saturated rings. The molecule has 4 N–H and O–H groups in total. The lowest BCUT2D eigenvalue weighted by Gasteiger charge is -2.24. The topological polar surface area (TPSA) is 109 Å². The van der Waals surface area contributed by atoms with E-state index in [1.165, 1.54) is 11.3 Å². The fourth-order valence-electron chi connectivity index (χ4n) is 3.18. The van der Waals surface area contributed by atoms with Crippen molar-refractivity contribution in [2.24, 2.45) is 17.6 Å². The van der Waals surface area contributed by atoms with Crippen LogP contribution in [0, 0.1) is 11.8 Å². The molecule has 0 bridgehead atoms. The van der Waals surface area contributed by atoms with Crippen molar-refractivity contribution in [1.82, 2.24) is 0 Å². The van der Waals surface area contributed by atoms with Crippen molar-refractivity contribution >= 4 is 34.1 Å². The minimum atomic E-state index is -0.995. The monoisotopic (exact) mass is 384 g/mol. The number of hydrogen-bond donors (Lipinski definition) is 3. The van der Waals surface area contributed by atoms with E-state index in [1.807, 2.05) is 36.4 Å². The molecule has 2 amide bonds. The van der Waals surface area contributed by atoms with Crippen molar-refractivity contribution in [2.75, 3.05) is 5.32 Å². The number of carboxylic acid groups (broad SMARTS) is 1. The van der Waals surface area contributed by atoms with Crippen LogP contribution in [0.2, 0.25) is 0 Å². The summed E-state index contributed by atoms with van der Waals surface area (Å²) in [5, 5.41) is 12.5. The molecule has 0 unspecified atom stereocenters. The van der Waals surface area contributed by atoms with Gasteiger partial charge in [-0.3, -0.25) is 14.4 Å². The maximum absolute atomic E-state index is 12.7. The number of primary amides is 1. The fourth-order valence-corrected chi connectivity index (χ4v) is 4.28. The predicted octanol–water partition coefficient (Wildman–Crippen LogP) is 3.04. The smallest absolute Gasteiger partial charge is 0.307 e. The van der Waals surface area contributed by atoms with Crippen molar-refractivity contribution in [3.63, 3.8) is 0 Å². The third-order valence-corrected chi connectivity index (χ3v) is 5.64. The molecule has 0 saturated carbocycles. The van der Waals surface area contributed by atoms with Gasteiger partial charge in [0.15, 0.2) is 0 Å². The maximum atomic E-state index is 12.7. The second kappa shape index (κ2) is 8.18. The normalized spacial score (nSPS) is 18.8. The minimum Gasteiger partial charge on any atom is -0.481 e. The Balaban J connectivity index is 1.81. The highest BCUT2D eigenvalue weighted by Crippen LogP contribution is 2.32. The van der Waals surface area contributed by atoms with Gasteiger partial charge in [-0.25, -0.2) is 0 Å². The Kier molecular flexibility index (Phi) is 5.71. The molecular weight excluding hydrogens is 364 g/mol. The van der Waals surface area contributed by atoms with Crippen LogP contribution in [0.1, 0.15) is 33.6 Å². The minimum absolute atomic E-state index is 0.248. The summed E-state index contributed by atoms with van der Waals surface area (Å²) in [6.45, 7) is 0. The van der Waals surface area contributed by atoms with E-state index in [0.29, 0.717) is 24.3 Å². The molecule has 6 nitrogen and oxygen atoms in total. The predicted molar refractivity (Wildman–Crippen MR) is 104 cm³/mol. The molecular formula is C20H20N2O4S. The van der Waals surface area contributed by atoms with E-state index in [-0.39, 0.29) is 5.56 Å². The van der Waals surface area contributed by atoms with Crippen LogP contribution < -0.4 is 11.1 Å². The van der Waals surface area contributed by atoms with E-state index in [9.17, 15) is 19.5 Å². The molecule has 0 spiro atoms. The number of carbonyl (C=O) groups excluding carboxylic acids is 2.